The lowest BCUT2D eigenvalue weighted by Crippen LogP contribution is -2.09. The zero-order valence-corrected chi connectivity index (χ0v) is 8.02. The van der Waals surface area contributed by atoms with Crippen molar-refractivity contribution in [2.24, 2.45) is 5.92 Å². The Morgan fingerprint density at radius 2 is 2.23 bits per heavy atom. The van der Waals surface area contributed by atoms with Gasteiger partial charge in [0.25, 0.3) is 0 Å². The molecule has 13 heavy (non-hydrogen) atoms. The van der Waals surface area contributed by atoms with Gasteiger partial charge in [0.2, 0.25) is 0 Å². The molecule has 0 aliphatic rings. The highest BCUT2D eigenvalue weighted by Crippen LogP contribution is 2.11. The van der Waals surface area contributed by atoms with E-state index < -0.39 is 0 Å². The third kappa shape index (κ3) is 2.05. The van der Waals surface area contributed by atoms with Crippen molar-refractivity contribution in [3.8, 4) is 6.01 Å². The third-order valence-electron chi connectivity index (χ3n) is 1.58. The van der Waals surface area contributed by atoms with Crippen molar-refractivity contribution in [3.63, 3.8) is 0 Å². The van der Waals surface area contributed by atoms with Gasteiger partial charge in [0, 0.05) is 6.54 Å². The van der Waals surface area contributed by atoms with E-state index in [0.717, 1.165) is 0 Å². The first-order valence-electron chi connectivity index (χ1n) is 4.11. The van der Waals surface area contributed by atoms with Crippen LogP contribution in [-0.2, 0) is 6.54 Å². The third-order valence-corrected chi connectivity index (χ3v) is 1.58. The number of nitrogens with zero attached hydrogens (tertiary/aromatic N) is 3. The van der Waals surface area contributed by atoms with E-state index in [1.807, 2.05) is 13.8 Å². The lowest BCUT2D eigenvalue weighted by atomic mass is 10.2. The van der Waals surface area contributed by atoms with Gasteiger partial charge in [0.1, 0.15) is 0 Å². The Morgan fingerprint density at radius 1 is 1.54 bits per heavy atom. The van der Waals surface area contributed by atoms with Gasteiger partial charge in [-0.05, 0) is 5.92 Å². The van der Waals surface area contributed by atoms with E-state index in [1.165, 1.54) is 7.11 Å². The van der Waals surface area contributed by atoms with Gasteiger partial charge in [0.05, 0.1) is 7.11 Å². The van der Waals surface area contributed by atoms with Gasteiger partial charge in [-0.2, -0.15) is 0 Å². The van der Waals surface area contributed by atoms with Crippen LogP contribution in [0.25, 0.3) is 0 Å². The summed E-state index contributed by atoms with van der Waals surface area (Å²) in [6.45, 7) is 4.78. The minimum Gasteiger partial charge on any atom is -0.467 e. The molecule has 72 valence electrons. The average Bonchev–Trinajstić information content (AvgIpc) is 2.46. The number of aromatic nitrogens is 3. The highest BCUT2D eigenvalue weighted by atomic mass is 16.5. The maximum atomic E-state index is 10.6. The van der Waals surface area contributed by atoms with E-state index in [4.69, 9.17) is 4.74 Å². The smallest absolute Gasteiger partial charge is 0.317 e. The molecule has 0 unspecified atom stereocenters. The number of carbonyl (C=O) groups excluding carboxylic acids is 1. The van der Waals surface area contributed by atoms with Crippen LogP contribution in [0.5, 0.6) is 6.01 Å². The van der Waals surface area contributed by atoms with Gasteiger partial charge < -0.3 is 4.74 Å². The summed E-state index contributed by atoms with van der Waals surface area (Å²) in [5.74, 6) is 0.731. The van der Waals surface area contributed by atoms with Crippen LogP contribution >= 0.6 is 0 Å². The van der Waals surface area contributed by atoms with Crippen molar-refractivity contribution in [2.45, 2.75) is 20.4 Å². The SMILES string of the molecule is COc1nnc(C=O)n1CC(C)C. The molecule has 1 aromatic heterocycles. The van der Waals surface area contributed by atoms with Crippen LogP contribution in [0.2, 0.25) is 0 Å². The second-order valence-corrected chi connectivity index (χ2v) is 3.17. The number of hydrogen-bond acceptors (Lipinski definition) is 4. The first-order chi connectivity index (χ1) is 6.19. The molecule has 0 aliphatic carbocycles. The number of carbonyl (C=O) groups is 1. The van der Waals surface area contributed by atoms with E-state index in [-0.39, 0.29) is 0 Å². The van der Waals surface area contributed by atoms with Gasteiger partial charge in [-0.3, -0.25) is 9.36 Å². The van der Waals surface area contributed by atoms with E-state index in [1.54, 1.807) is 4.57 Å². The largest absolute Gasteiger partial charge is 0.467 e. The van der Waals surface area contributed by atoms with Gasteiger partial charge in [-0.25, -0.2) is 0 Å². The molecule has 0 N–H and O–H groups in total. The van der Waals surface area contributed by atoms with Crippen molar-refractivity contribution >= 4 is 6.29 Å². The summed E-state index contributed by atoms with van der Waals surface area (Å²) in [5, 5.41) is 7.40. The van der Waals surface area contributed by atoms with Crippen molar-refractivity contribution in [2.75, 3.05) is 7.11 Å². The Morgan fingerprint density at radius 3 is 2.69 bits per heavy atom. The monoisotopic (exact) mass is 183 g/mol. The molecule has 0 atom stereocenters. The number of hydrogen-bond donors (Lipinski definition) is 0. The fourth-order valence-corrected chi connectivity index (χ4v) is 1.07. The molecule has 0 bridgehead atoms. The number of methoxy groups -OCH3 is 1. The first kappa shape index (κ1) is 9.70. The Kier molecular flexibility index (Phi) is 3.00. The van der Waals surface area contributed by atoms with E-state index in [2.05, 4.69) is 10.2 Å². The summed E-state index contributed by atoms with van der Waals surface area (Å²) in [4.78, 5) is 10.6. The molecule has 0 saturated heterocycles. The fourth-order valence-electron chi connectivity index (χ4n) is 1.07. The second kappa shape index (κ2) is 4.02. The summed E-state index contributed by atoms with van der Waals surface area (Å²) >= 11 is 0. The van der Waals surface area contributed by atoms with Crippen molar-refractivity contribution in [1.29, 1.82) is 0 Å². The van der Waals surface area contributed by atoms with Crippen LogP contribution in [-0.4, -0.2) is 28.2 Å². The molecule has 0 fully saturated rings. The summed E-state index contributed by atoms with van der Waals surface area (Å²) < 4.78 is 6.62. The maximum Gasteiger partial charge on any atom is 0.317 e. The number of aldehydes is 1. The van der Waals surface area contributed by atoms with Crippen LogP contribution in [0.3, 0.4) is 0 Å². The molecule has 0 aromatic carbocycles. The molecule has 5 heteroatoms. The normalized spacial score (nSPS) is 10.5. The summed E-state index contributed by atoms with van der Waals surface area (Å²) in [5.41, 5.74) is 0. The lowest BCUT2D eigenvalue weighted by molar-refractivity contribution is 0.110. The molecule has 0 amide bonds. The molecule has 1 aromatic rings. The van der Waals surface area contributed by atoms with Crippen LogP contribution in [0.1, 0.15) is 24.5 Å². The first-order valence-corrected chi connectivity index (χ1v) is 4.11. The molecule has 0 radical (unpaired) electrons. The Hall–Kier alpha value is -1.39. The Labute approximate surface area is 76.7 Å². The molecule has 1 rings (SSSR count). The molecule has 0 spiro atoms. The zero-order valence-electron chi connectivity index (χ0n) is 8.02. The van der Waals surface area contributed by atoms with Gasteiger partial charge in [-0.15, -0.1) is 5.10 Å². The maximum absolute atomic E-state index is 10.6. The fraction of sp³-hybridized carbons (Fsp3) is 0.625. The average molecular weight is 183 g/mol. The van der Waals surface area contributed by atoms with Crippen molar-refractivity contribution in [1.82, 2.24) is 14.8 Å². The molecule has 5 nitrogen and oxygen atoms in total. The van der Waals surface area contributed by atoms with Crippen molar-refractivity contribution in [3.05, 3.63) is 5.82 Å². The quantitative estimate of drug-likeness (QED) is 0.646. The zero-order chi connectivity index (χ0) is 9.84. The Balaban J connectivity index is 2.97. The summed E-state index contributed by atoms with van der Waals surface area (Å²) in [6.07, 6.45) is 0.678. The summed E-state index contributed by atoms with van der Waals surface area (Å²) in [7, 11) is 1.51. The highest BCUT2D eigenvalue weighted by Gasteiger charge is 2.12. The molecular weight excluding hydrogens is 170 g/mol. The van der Waals surface area contributed by atoms with Crippen molar-refractivity contribution < 1.29 is 9.53 Å². The second-order valence-electron chi connectivity index (χ2n) is 3.17. The minimum atomic E-state index is 0.311. The molecular formula is C8H13N3O2. The standard InChI is InChI=1S/C8H13N3O2/c1-6(2)4-11-7(5-12)9-10-8(11)13-3/h5-6H,4H2,1-3H3. The lowest BCUT2D eigenvalue weighted by Gasteiger charge is -2.08. The predicted molar refractivity (Wildman–Crippen MR) is 46.8 cm³/mol. The van der Waals surface area contributed by atoms with E-state index in [9.17, 15) is 4.79 Å². The van der Waals surface area contributed by atoms with Crippen LogP contribution in [0.15, 0.2) is 0 Å². The van der Waals surface area contributed by atoms with Crippen LogP contribution < -0.4 is 4.74 Å². The number of rotatable bonds is 4. The predicted octanol–water partition coefficient (Wildman–Crippen LogP) is 0.755. The van der Waals surface area contributed by atoms with E-state index >= 15 is 0 Å². The van der Waals surface area contributed by atoms with Gasteiger partial charge in [0.15, 0.2) is 12.1 Å². The summed E-state index contributed by atoms with van der Waals surface area (Å²) in [6, 6.07) is 0.385. The number of ether oxygens (including phenoxy) is 1. The van der Waals surface area contributed by atoms with Crippen LogP contribution in [0.4, 0.5) is 0 Å². The van der Waals surface area contributed by atoms with Gasteiger partial charge in [-0.1, -0.05) is 18.9 Å². The van der Waals surface area contributed by atoms with Crippen LogP contribution in [0, 0.1) is 5.92 Å². The molecule has 1 heterocycles. The highest BCUT2D eigenvalue weighted by molar-refractivity contribution is 5.69. The molecule has 0 aliphatic heterocycles. The van der Waals surface area contributed by atoms with Gasteiger partial charge >= 0.3 is 6.01 Å². The molecule has 0 saturated carbocycles. The van der Waals surface area contributed by atoms with E-state index in [0.29, 0.717) is 30.6 Å². The topological polar surface area (TPSA) is 57.0 Å². The minimum absolute atomic E-state index is 0.311. The Bertz CT molecular complexity index is 294.